The maximum atomic E-state index is 12.9. The number of para-hydroxylation sites is 1. The van der Waals surface area contributed by atoms with E-state index in [2.05, 4.69) is 96.3 Å². The number of carbonyl (C=O) groups is 1. The zero-order valence-electron chi connectivity index (χ0n) is 29.5. The Morgan fingerprint density at radius 2 is 1.10 bits per heavy atom. The topological polar surface area (TPSA) is 60.3 Å². The first-order valence-electron chi connectivity index (χ1n) is 18.2. The second-order valence-electron chi connectivity index (χ2n) is 13.2. The zero-order valence-corrected chi connectivity index (χ0v) is 30.4. The molecule has 1 heterocycles. The van der Waals surface area contributed by atoms with Crippen molar-refractivity contribution in [1.29, 1.82) is 0 Å². The number of amides is 1. The van der Waals surface area contributed by atoms with E-state index >= 15 is 0 Å². The summed E-state index contributed by atoms with van der Waals surface area (Å²) < 4.78 is 7.52. The van der Waals surface area contributed by atoms with Gasteiger partial charge in [0.05, 0.1) is 18.3 Å². The minimum Gasteiger partial charge on any atom is -0.494 e. The second kappa shape index (κ2) is 17.8. The lowest BCUT2D eigenvalue weighted by molar-refractivity contribution is 0.102. The molecule has 0 unspecified atom stereocenters. The van der Waals surface area contributed by atoms with Crippen LogP contribution in [0.1, 0.15) is 61.7 Å². The lowest BCUT2D eigenvalue weighted by atomic mass is 10.1. The van der Waals surface area contributed by atoms with Crippen LogP contribution in [-0.4, -0.2) is 23.2 Å². The molecular formula is C45H48N2O3P+. The Kier molecular flexibility index (Phi) is 12.5. The number of anilines is 1. The Bertz CT molecular complexity index is 1950. The van der Waals surface area contributed by atoms with Crippen LogP contribution in [0.2, 0.25) is 0 Å². The molecule has 0 aliphatic carbocycles. The smallest absolute Gasteiger partial charge is 0.274 e. The fourth-order valence-corrected chi connectivity index (χ4v) is 11.4. The fourth-order valence-electron chi connectivity index (χ4n) is 6.99. The van der Waals surface area contributed by atoms with Gasteiger partial charge in [-0.25, -0.2) is 0 Å². The van der Waals surface area contributed by atoms with Crippen molar-refractivity contribution in [1.82, 2.24) is 4.57 Å². The van der Waals surface area contributed by atoms with E-state index in [1.54, 1.807) is 29.8 Å². The summed E-state index contributed by atoms with van der Waals surface area (Å²) >= 11 is 0. The Balaban J connectivity index is 0.903. The molecule has 51 heavy (non-hydrogen) atoms. The molecule has 260 valence electrons. The van der Waals surface area contributed by atoms with E-state index in [4.69, 9.17) is 4.74 Å². The van der Waals surface area contributed by atoms with Crippen molar-refractivity contribution in [3.05, 3.63) is 162 Å². The van der Waals surface area contributed by atoms with Crippen LogP contribution in [-0.2, 0) is 7.05 Å². The Labute approximate surface area is 302 Å². The zero-order chi connectivity index (χ0) is 35.3. The molecule has 6 aromatic rings. The highest BCUT2D eigenvalue weighted by atomic mass is 31.2. The highest BCUT2D eigenvalue weighted by Gasteiger charge is 2.44. The quantitative estimate of drug-likeness (QED) is 0.0765. The highest BCUT2D eigenvalue weighted by Crippen LogP contribution is 2.56. The van der Waals surface area contributed by atoms with Gasteiger partial charge in [0.25, 0.3) is 11.5 Å². The lowest BCUT2D eigenvalue weighted by Gasteiger charge is -2.27. The van der Waals surface area contributed by atoms with Gasteiger partial charge in [0.1, 0.15) is 34.6 Å². The molecule has 0 radical (unpaired) electrons. The third-order valence-corrected chi connectivity index (χ3v) is 14.3. The predicted octanol–water partition coefficient (Wildman–Crippen LogP) is 9.28. The standard InChI is InChI=1S/C45H47N2O3P/c1-47-43-28-18-17-21-37(43)35-42(45(47)49)46-44(48)36-29-31-38(32-30-36)50-33-19-6-4-2-3-5-7-20-34-51(39-22-11-8-12-23-39,40-24-13-9-14-25-40)41-26-15-10-16-27-41/h8-18,21-32,35H,2-7,19-20,33-34H2,1H3/p+1. The van der Waals surface area contributed by atoms with E-state index in [1.165, 1.54) is 60.6 Å². The number of carbonyl (C=O) groups excluding carboxylic acids is 1. The monoisotopic (exact) mass is 695 g/mol. The van der Waals surface area contributed by atoms with Crippen LogP contribution >= 0.6 is 7.26 Å². The van der Waals surface area contributed by atoms with Crippen LogP contribution in [0.4, 0.5) is 5.69 Å². The number of aryl methyl sites for hydroxylation is 1. The summed E-state index contributed by atoms with van der Waals surface area (Å²) in [6.45, 7) is 0.656. The number of benzene rings is 5. The van der Waals surface area contributed by atoms with Crippen LogP contribution in [0.5, 0.6) is 5.75 Å². The van der Waals surface area contributed by atoms with Gasteiger partial charge < -0.3 is 14.6 Å². The number of fused-ring (bicyclic) bond motifs is 1. The third kappa shape index (κ3) is 8.85. The van der Waals surface area contributed by atoms with Crippen LogP contribution < -0.4 is 31.5 Å². The Morgan fingerprint density at radius 3 is 1.67 bits per heavy atom. The Hall–Kier alpha value is -4.99. The summed E-state index contributed by atoms with van der Waals surface area (Å²) in [5, 5.41) is 8.08. The van der Waals surface area contributed by atoms with Crippen LogP contribution in [0.15, 0.2) is 150 Å². The van der Waals surface area contributed by atoms with Crippen molar-refractivity contribution >= 4 is 45.7 Å². The summed E-state index contributed by atoms with van der Waals surface area (Å²) in [5.74, 6) is 0.423. The maximum absolute atomic E-state index is 12.9. The predicted molar refractivity (Wildman–Crippen MR) is 216 cm³/mol. The molecule has 5 aromatic carbocycles. The molecule has 1 N–H and O–H groups in total. The molecule has 0 bridgehead atoms. The van der Waals surface area contributed by atoms with Crippen molar-refractivity contribution < 1.29 is 9.53 Å². The van der Waals surface area contributed by atoms with Gasteiger partial charge in [0, 0.05) is 18.0 Å². The summed E-state index contributed by atoms with van der Waals surface area (Å²) in [7, 11) is -0.0194. The summed E-state index contributed by atoms with van der Waals surface area (Å²) in [6.07, 6.45) is 10.8. The first-order valence-corrected chi connectivity index (χ1v) is 20.2. The highest BCUT2D eigenvalue weighted by molar-refractivity contribution is 7.95. The van der Waals surface area contributed by atoms with E-state index in [0.29, 0.717) is 12.2 Å². The average molecular weight is 696 g/mol. The molecule has 1 amide bonds. The van der Waals surface area contributed by atoms with Crippen LogP contribution in [0, 0.1) is 0 Å². The van der Waals surface area contributed by atoms with Gasteiger partial charge in [-0.1, -0.05) is 105 Å². The van der Waals surface area contributed by atoms with E-state index in [1.807, 2.05) is 36.4 Å². The second-order valence-corrected chi connectivity index (χ2v) is 16.8. The molecule has 0 aliphatic rings. The number of pyridine rings is 1. The molecule has 0 saturated carbocycles. The largest absolute Gasteiger partial charge is 0.494 e. The van der Waals surface area contributed by atoms with Crippen LogP contribution in [0.25, 0.3) is 10.9 Å². The van der Waals surface area contributed by atoms with Gasteiger partial charge in [-0.15, -0.1) is 0 Å². The van der Waals surface area contributed by atoms with Gasteiger partial charge in [-0.2, -0.15) is 0 Å². The number of rotatable bonds is 17. The molecule has 0 aliphatic heterocycles. The number of unbranched alkanes of at least 4 members (excludes halogenated alkanes) is 7. The Morgan fingerprint density at radius 1 is 0.608 bits per heavy atom. The first kappa shape index (κ1) is 35.8. The van der Waals surface area contributed by atoms with Gasteiger partial charge in [0.15, 0.2) is 0 Å². The van der Waals surface area contributed by atoms with Crippen molar-refractivity contribution in [3.8, 4) is 5.75 Å². The SMILES string of the molecule is Cn1c(=O)c(NC(=O)c2ccc(OCCCCCCCCCC[P+](c3ccccc3)(c3ccccc3)c3ccccc3)cc2)cc2ccccc21. The normalized spacial score (nSPS) is 11.4. The molecule has 0 fully saturated rings. The fraction of sp³-hybridized carbons (Fsp3) is 0.244. The molecule has 6 rings (SSSR count). The van der Waals surface area contributed by atoms with E-state index in [9.17, 15) is 9.59 Å². The summed E-state index contributed by atoms with van der Waals surface area (Å²) in [5.41, 5.74) is 1.32. The minimum atomic E-state index is -1.73. The molecule has 6 heteroatoms. The summed E-state index contributed by atoms with van der Waals surface area (Å²) in [6, 6.07) is 50.0. The lowest BCUT2D eigenvalue weighted by Crippen LogP contribution is -2.33. The van der Waals surface area contributed by atoms with Gasteiger partial charge >= 0.3 is 0 Å². The molecule has 5 nitrogen and oxygen atoms in total. The van der Waals surface area contributed by atoms with Crippen molar-refractivity contribution in [3.63, 3.8) is 0 Å². The van der Waals surface area contributed by atoms with Gasteiger partial charge in [-0.3, -0.25) is 9.59 Å². The number of ether oxygens (including phenoxy) is 1. The summed E-state index contributed by atoms with van der Waals surface area (Å²) in [4.78, 5) is 25.7. The van der Waals surface area contributed by atoms with Crippen LogP contribution in [0.3, 0.4) is 0 Å². The van der Waals surface area contributed by atoms with Gasteiger partial charge in [0.2, 0.25) is 0 Å². The van der Waals surface area contributed by atoms with E-state index in [-0.39, 0.29) is 17.2 Å². The van der Waals surface area contributed by atoms with Crippen molar-refractivity contribution in [2.24, 2.45) is 7.05 Å². The third-order valence-electron chi connectivity index (χ3n) is 9.75. The molecule has 0 saturated heterocycles. The van der Waals surface area contributed by atoms with E-state index < -0.39 is 7.26 Å². The van der Waals surface area contributed by atoms with Gasteiger partial charge in [-0.05, 0) is 92.1 Å². The van der Waals surface area contributed by atoms with Crippen molar-refractivity contribution in [2.75, 3.05) is 18.1 Å². The van der Waals surface area contributed by atoms with E-state index in [0.717, 1.165) is 29.5 Å². The number of nitrogens with one attached hydrogen (secondary N) is 1. The maximum Gasteiger partial charge on any atom is 0.274 e. The molecule has 0 spiro atoms. The molecule has 1 aromatic heterocycles. The molecule has 0 atom stereocenters. The number of hydrogen-bond acceptors (Lipinski definition) is 3. The average Bonchev–Trinajstić information content (AvgIpc) is 3.18. The minimum absolute atomic E-state index is 0.240. The first-order chi connectivity index (χ1) is 25.1. The number of hydrogen-bond donors (Lipinski definition) is 1. The van der Waals surface area contributed by atoms with Crippen molar-refractivity contribution in [2.45, 2.75) is 51.4 Å². The molecular weight excluding hydrogens is 647 g/mol. The number of aromatic nitrogens is 1. The number of nitrogens with zero attached hydrogens (tertiary/aromatic N) is 1.